The summed E-state index contributed by atoms with van der Waals surface area (Å²) in [7, 11) is -0.632. The molecule has 1 N–H and O–H groups in total. The molecule has 25 heavy (non-hydrogen) atoms. The third-order valence-electron chi connectivity index (χ3n) is 4.93. The number of aromatic nitrogens is 1. The summed E-state index contributed by atoms with van der Waals surface area (Å²) < 4.78 is 19.5. The Kier molecular flexibility index (Phi) is 4.12. The first-order chi connectivity index (χ1) is 11.5. The second kappa shape index (κ2) is 5.78. The van der Waals surface area contributed by atoms with Crippen LogP contribution in [0.1, 0.15) is 41.5 Å². The minimum Gasteiger partial charge on any atom is -0.491 e. The van der Waals surface area contributed by atoms with E-state index in [-0.39, 0.29) is 6.10 Å². The lowest BCUT2D eigenvalue weighted by atomic mass is 9.76. The topological polar surface area (TPSA) is 69.9 Å². The zero-order chi connectivity index (χ0) is 18.6. The number of carboxylic acid groups (broad SMARTS) is 1. The molecule has 0 bridgehead atoms. The molecular weight excluding hydrogens is 321 g/mol. The number of fused-ring (bicyclic) bond motifs is 1. The molecule has 0 aliphatic carbocycles. The van der Waals surface area contributed by atoms with Crippen LogP contribution in [0.4, 0.5) is 4.79 Å². The van der Waals surface area contributed by atoms with Crippen molar-refractivity contribution in [3.8, 4) is 5.75 Å². The number of carbonyl (C=O) groups is 1. The van der Waals surface area contributed by atoms with Crippen LogP contribution in [0.2, 0.25) is 0 Å². The summed E-state index contributed by atoms with van der Waals surface area (Å²) in [5.74, 6) is 0.643. The van der Waals surface area contributed by atoms with E-state index >= 15 is 0 Å². The molecule has 0 unspecified atom stereocenters. The van der Waals surface area contributed by atoms with Gasteiger partial charge in [-0.25, -0.2) is 4.79 Å². The standard InChI is InChI=1S/C18H24BNO5/c1-11(2)23-14-8-7-13-12(9-10-20(13)16(21)22)15(14)19-24-17(3,4)18(5,6)25-19/h7-11H,1-6H3,(H,21,22). The molecule has 0 spiro atoms. The van der Waals surface area contributed by atoms with E-state index in [1.807, 2.05) is 41.5 Å². The highest BCUT2D eigenvalue weighted by Crippen LogP contribution is 2.38. The molecule has 0 saturated carbocycles. The summed E-state index contributed by atoms with van der Waals surface area (Å²) in [4.78, 5) is 11.4. The van der Waals surface area contributed by atoms with Crippen molar-refractivity contribution in [2.75, 3.05) is 0 Å². The first-order valence-corrected chi connectivity index (χ1v) is 8.43. The van der Waals surface area contributed by atoms with Crippen LogP contribution in [0, 0.1) is 0 Å². The fraction of sp³-hybridized carbons (Fsp3) is 0.500. The molecule has 2 heterocycles. The predicted molar refractivity (Wildman–Crippen MR) is 96.8 cm³/mol. The first kappa shape index (κ1) is 17.8. The number of ether oxygens (including phenoxy) is 1. The van der Waals surface area contributed by atoms with Crippen molar-refractivity contribution in [2.45, 2.75) is 58.8 Å². The zero-order valence-electron chi connectivity index (χ0n) is 15.5. The van der Waals surface area contributed by atoms with E-state index in [0.717, 1.165) is 10.8 Å². The highest BCUT2D eigenvalue weighted by Gasteiger charge is 2.53. The SMILES string of the molecule is CC(C)Oc1ccc2c(ccn2C(=O)O)c1B1OC(C)(C)C(C)(C)O1. The molecule has 0 amide bonds. The van der Waals surface area contributed by atoms with Crippen molar-refractivity contribution in [1.29, 1.82) is 0 Å². The zero-order valence-corrected chi connectivity index (χ0v) is 15.5. The van der Waals surface area contributed by atoms with Crippen molar-refractivity contribution in [3.05, 3.63) is 24.4 Å². The quantitative estimate of drug-likeness (QED) is 0.865. The van der Waals surface area contributed by atoms with Crippen molar-refractivity contribution in [1.82, 2.24) is 4.57 Å². The predicted octanol–water partition coefficient (Wildman–Crippen LogP) is 3.25. The van der Waals surface area contributed by atoms with Crippen molar-refractivity contribution in [3.63, 3.8) is 0 Å². The van der Waals surface area contributed by atoms with E-state index in [4.69, 9.17) is 14.0 Å². The maximum Gasteiger partial charge on any atom is 0.499 e. The molecule has 0 radical (unpaired) electrons. The van der Waals surface area contributed by atoms with Gasteiger partial charge in [0.15, 0.2) is 0 Å². The Bertz CT molecular complexity index is 808. The number of hydrogen-bond acceptors (Lipinski definition) is 4. The van der Waals surface area contributed by atoms with Gasteiger partial charge in [0.25, 0.3) is 0 Å². The second-order valence-corrected chi connectivity index (χ2v) is 7.63. The van der Waals surface area contributed by atoms with Gasteiger partial charge in [0.1, 0.15) is 5.75 Å². The Morgan fingerprint density at radius 2 is 1.76 bits per heavy atom. The summed E-state index contributed by atoms with van der Waals surface area (Å²) >= 11 is 0. The maximum absolute atomic E-state index is 11.4. The van der Waals surface area contributed by atoms with Gasteiger partial charge in [0.2, 0.25) is 0 Å². The van der Waals surface area contributed by atoms with Gasteiger partial charge in [-0.05, 0) is 59.7 Å². The van der Waals surface area contributed by atoms with Gasteiger partial charge in [-0.2, -0.15) is 0 Å². The molecule has 1 fully saturated rings. The third kappa shape index (κ3) is 2.91. The molecule has 7 heteroatoms. The summed E-state index contributed by atoms with van der Waals surface area (Å²) in [5.41, 5.74) is 0.312. The van der Waals surface area contributed by atoms with E-state index in [1.165, 1.54) is 10.8 Å². The fourth-order valence-corrected chi connectivity index (χ4v) is 2.95. The van der Waals surface area contributed by atoms with Crippen LogP contribution in [0.15, 0.2) is 24.4 Å². The van der Waals surface area contributed by atoms with E-state index < -0.39 is 24.4 Å². The number of benzene rings is 1. The van der Waals surface area contributed by atoms with Crippen LogP contribution in [-0.4, -0.2) is 40.2 Å². The van der Waals surface area contributed by atoms with Gasteiger partial charge < -0.3 is 19.2 Å². The molecular formula is C18H24BNO5. The molecule has 6 nitrogen and oxygen atoms in total. The molecule has 1 saturated heterocycles. The summed E-state index contributed by atoms with van der Waals surface area (Å²) in [6.45, 7) is 11.8. The lowest BCUT2D eigenvalue weighted by Crippen LogP contribution is -2.41. The summed E-state index contributed by atoms with van der Waals surface area (Å²) in [6, 6.07) is 5.29. The normalized spacial score (nSPS) is 18.9. The third-order valence-corrected chi connectivity index (χ3v) is 4.93. The largest absolute Gasteiger partial charge is 0.499 e. The van der Waals surface area contributed by atoms with Crippen LogP contribution in [0.3, 0.4) is 0 Å². The Balaban J connectivity index is 2.18. The fourth-order valence-electron chi connectivity index (χ4n) is 2.95. The maximum atomic E-state index is 11.4. The van der Waals surface area contributed by atoms with Crippen molar-refractivity contribution in [2.24, 2.45) is 0 Å². The molecule has 1 aromatic heterocycles. The van der Waals surface area contributed by atoms with Gasteiger partial charge in [0.05, 0.1) is 22.8 Å². The Hall–Kier alpha value is -1.99. The Morgan fingerprint density at radius 1 is 1.16 bits per heavy atom. The van der Waals surface area contributed by atoms with E-state index in [0.29, 0.717) is 11.3 Å². The highest BCUT2D eigenvalue weighted by atomic mass is 16.7. The number of rotatable bonds is 3. The molecule has 1 aromatic carbocycles. The second-order valence-electron chi connectivity index (χ2n) is 7.63. The minimum atomic E-state index is -1.03. The Morgan fingerprint density at radius 3 is 2.28 bits per heavy atom. The van der Waals surface area contributed by atoms with Crippen LogP contribution >= 0.6 is 0 Å². The first-order valence-electron chi connectivity index (χ1n) is 8.43. The van der Waals surface area contributed by atoms with Gasteiger partial charge in [-0.1, -0.05) is 0 Å². The van der Waals surface area contributed by atoms with Gasteiger partial charge in [-0.15, -0.1) is 0 Å². The monoisotopic (exact) mass is 345 g/mol. The molecule has 2 aromatic rings. The minimum absolute atomic E-state index is 0.0276. The average molecular weight is 345 g/mol. The summed E-state index contributed by atoms with van der Waals surface area (Å²) in [5, 5.41) is 10.1. The van der Waals surface area contributed by atoms with Crippen molar-refractivity contribution >= 4 is 29.6 Å². The van der Waals surface area contributed by atoms with Crippen LogP contribution in [0.25, 0.3) is 10.9 Å². The van der Waals surface area contributed by atoms with E-state index in [2.05, 4.69) is 0 Å². The number of nitrogens with zero attached hydrogens (tertiary/aromatic N) is 1. The molecule has 1 aliphatic heterocycles. The smallest absolute Gasteiger partial charge is 0.491 e. The molecule has 134 valence electrons. The molecule has 3 rings (SSSR count). The lowest BCUT2D eigenvalue weighted by molar-refractivity contribution is 0.00578. The van der Waals surface area contributed by atoms with E-state index in [9.17, 15) is 9.90 Å². The Labute approximate surface area is 147 Å². The number of hydrogen-bond donors (Lipinski definition) is 1. The summed E-state index contributed by atoms with van der Waals surface area (Å²) in [6.07, 6.45) is 0.466. The van der Waals surface area contributed by atoms with E-state index in [1.54, 1.807) is 18.2 Å². The van der Waals surface area contributed by atoms with Gasteiger partial charge >= 0.3 is 13.2 Å². The average Bonchev–Trinajstić information content (AvgIpc) is 2.96. The van der Waals surface area contributed by atoms with Gasteiger partial charge in [0, 0.05) is 17.0 Å². The lowest BCUT2D eigenvalue weighted by Gasteiger charge is -2.32. The van der Waals surface area contributed by atoms with Crippen LogP contribution in [-0.2, 0) is 9.31 Å². The van der Waals surface area contributed by atoms with Crippen LogP contribution in [0.5, 0.6) is 5.75 Å². The molecule has 0 atom stereocenters. The van der Waals surface area contributed by atoms with Crippen LogP contribution < -0.4 is 10.2 Å². The molecule has 1 aliphatic rings. The van der Waals surface area contributed by atoms with Crippen molar-refractivity contribution < 1.29 is 23.9 Å². The van der Waals surface area contributed by atoms with Gasteiger partial charge in [-0.3, -0.25) is 4.57 Å². The highest BCUT2D eigenvalue weighted by molar-refractivity contribution is 6.66.